The van der Waals surface area contributed by atoms with Crippen molar-refractivity contribution in [3.63, 3.8) is 0 Å². The summed E-state index contributed by atoms with van der Waals surface area (Å²) in [6.07, 6.45) is 2.05. The lowest BCUT2D eigenvalue weighted by Gasteiger charge is -2.31. The van der Waals surface area contributed by atoms with Crippen LogP contribution in [0.2, 0.25) is 0 Å². The molecule has 0 aromatic heterocycles. The van der Waals surface area contributed by atoms with Gasteiger partial charge in [0.1, 0.15) is 0 Å². The molecule has 14 heavy (non-hydrogen) atoms. The molecular formula is C11H17NOS. The van der Waals surface area contributed by atoms with Crippen molar-refractivity contribution < 1.29 is 5.11 Å². The minimum atomic E-state index is -0.305. The van der Waals surface area contributed by atoms with Crippen molar-refractivity contribution in [3.05, 3.63) is 35.9 Å². The van der Waals surface area contributed by atoms with E-state index in [1.54, 1.807) is 11.8 Å². The van der Waals surface area contributed by atoms with E-state index in [0.717, 1.165) is 11.3 Å². The van der Waals surface area contributed by atoms with E-state index < -0.39 is 0 Å². The van der Waals surface area contributed by atoms with Crippen LogP contribution < -0.4 is 5.32 Å². The fraction of sp³-hybridized carbons (Fsp3) is 0.455. The maximum absolute atomic E-state index is 9.49. The van der Waals surface area contributed by atoms with E-state index in [9.17, 15) is 5.11 Å². The maximum atomic E-state index is 9.49. The summed E-state index contributed by atoms with van der Waals surface area (Å²) < 4.78 is 0. The molecule has 0 amide bonds. The van der Waals surface area contributed by atoms with Crippen molar-refractivity contribution in [2.45, 2.75) is 5.54 Å². The molecule has 1 unspecified atom stereocenters. The molecule has 0 aliphatic rings. The summed E-state index contributed by atoms with van der Waals surface area (Å²) in [5.41, 5.74) is 0.833. The zero-order valence-electron chi connectivity index (χ0n) is 8.66. The minimum Gasteiger partial charge on any atom is -0.394 e. The monoisotopic (exact) mass is 211 g/mol. The SMILES string of the molecule is CNC(CO)(CSC)c1ccccc1. The van der Waals surface area contributed by atoms with Crippen molar-refractivity contribution in [1.29, 1.82) is 0 Å². The molecule has 2 N–H and O–H groups in total. The van der Waals surface area contributed by atoms with Gasteiger partial charge in [-0.1, -0.05) is 30.3 Å². The number of nitrogens with one attached hydrogen (secondary N) is 1. The van der Waals surface area contributed by atoms with Gasteiger partial charge in [-0.25, -0.2) is 0 Å². The largest absolute Gasteiger partial charge is 0.394 e. The third-order valence-electron chi connectivity index (χ3n) is 2.47. The number of thioether (sulfide) groups is 1. The van der Waals surface area contributed by atoms with E-state index in [2.05, 4.69) is 5.32 Å². The highest BCUT2D eigenvalue weighted by Gasteiger charge is 2.28. The molecule has 1 rings (SSSR count). The lowest BCUT2D eigenvalue weighted by atomic mass is 9.93. The Labute approximate surface area is 89.7 Å². The van der Waals surface area contributed by atoms with Crippen molar-refractivity contribution in [3.8, 4) is 0 Å². The number of rotatable bonds is 5. The Morgan fingerprint density at radius 2 is 2.00 bits per heavy atom. The second-order valence-electron chi connectivity index (χ2n) is 3.29. The van der Waals surface area contributed by atoms with Crippen LogP contribution in [-0.4, -0.2) is 30.8 Å². The summed E-state index contributed by atoms with van der Waals surface area (Å²) >= 11 is 1.73. The minimum absolute atomic E-state index is 0.119. The Balaban J connectivity index is 2.98. The Morgan fingerprint density at radius 1 is 1.36 bits per heavy atom. The Bertz CT molecular complexity index is 259. The van der Waals surface area contributed by atoms with Crippen LogP contribution in [0.25, 0.3) is 0 Å². The van der Waals surface area contributed by atoms with Gasteiger partial charge < -0.3 is 10.4 Å². The molecule has 3 heteroatoms. The standard InChI is InChI=1S/C11H17NOS/c1-12-11(8-13,9-14-2)10-6-4-3-5-7-10/h3-7,12-13H,8-9H2,1-2H3. The fourth-order valence-electron chi connectivity index (χ4n) is 1.52. The van der Waals surface area contributed by atoms with Crippen molar-refractivity contribution in [2.75, 3.05) is 25.7 Å². The molecule has 0 aliphatic heterocycles. The molecule has 2 nitrogen and oxygen atoms in total. The van der Waals surface area contributed by atoms with Gasteiger partial charge in [0.2, 0.25) is 0 Å². The van der Waals surface area contributed by atoms with Gasteiger partial charge in [0.05, 0.1) is 12.1 Å². The molecule has 78 valence electrons. The zero-order valence-corrected chi connectivity index (χ0v) is 9.47. The first-order chi connectivity index (χ1) is 6.79. The fourth-order valence-corrected chi connectivity index (χ4v) is 2.41. The van der Waals surface area contributed by atoms with Gasteiger partial charge in [-0.15, -0.1) is 0 Å². The Hall–Kier alpha value is -0.510. The van der Waals surface area contributed by atoms with E-state index in [4.69, 9.17) is 0 Å². The molecule has 0 saturated heterocycles. The molecule has 0 heterocycles. The number of aliphatic hydroxyl groups excluding tert-OH is 1. The summed E-state index contributed by atoms with van der Waals surface area (Å²) in [6, 6.07) is 10.1. The third-order valence-corrected chi connectivity index (χ3v) is 3.25. The molecule has 1 aromatic carbocycles. The second kappa shape index (κ2) is 5.39. The van der Waals surface area contributed by atoms with Crippen LogP contribution >= 0.6 is 11.8 Å². The van der Waals surface area contributed by atoms with Gasteiger partial charge in [-0.3, -0.25) is 0 Å². The van der Waals surface area contributed by atoms with Crippen molar-refractivity contribution >= 4 is 11.8 Å². The number of likely N-dealkylation sites (N-methyl/N-ethyl adjacent to an activating group) is 1. The normalized spacial score (nSPS) is 15.1. The van der Waals surface area contributed by atoms with Crippen LogP contribution in [0, 0.1) is 0 Å². The number of benzene rings is 1. The van der Waals surface area contributed by atoms with Gasteiger partial charge in [-0.2, -0.15) is 11.8 Å². The Kier molecular flexibility index (Phi) is 4.45. The lowest BCUT2D eigenvalue weighted by molar-refractivity contribution is 0.187. The average molecular weight is 211 g/mol. The van der Waals surface area contributed by atoms with Crippen LogP contribution in [0.15, 0.2) is 30.3 Å². The quantitative estimate of drug-likeness (QED) is 0.773. The molecule has 0 radical (unpaired) electrons. The van der Waals surface area contributed by atoms with Gasteiger partial charge >= 0.3 is 0 Å². The van der Waals surface area contributed by atoms with Crippen molar-refractivity contribution in [2.24, 2.45) is 0 Å². The number of hydrogen-bond donors (Lipinski definition) is 2. The summed E-state index contributed by atoms with van der Waals surface area (Å²) in [6.45, 7) is 0.119. The molecule has 0 saturated carbocycles. The maximum Gasteiger partial charge on any atom is 0.0758 e. The molecule has 0 aliphatic carbocycles. The number of aliphatic hydroxyl groups is 1. The first kappa shape index (κ1) is 11.6. The van der Waals surface area contributed by atoms with Crippen LogP contribution in [-0.2, 0) is 5.54 Å². The van der Waals surface area contributed by atoms with E-state index in [1.165, 1.54) is 0 Å². The van der Waals surface area contributed by atoms with Crippen molar-refractivity contribution in [1.82, 2.24) is 5.32 Å². The highest BCUT2D eigenvalue weighted by molar-refractivity contribution is 7.98. The van der Waals surface area contributed by atoms with Crippen LogP contribution in [0.1, 0.15) is 5.56 Å². The average Bonchev–Trinajstić information content (AvgIpc) is 2.27. The first-order valence-corrected chi connectivity index (χ1v) is 6.02. The topological polar surface area (TPSA) is 32.3 Å². The summed E-state index contributed by atoms with van der Waals surface area (Å²) in [5, 5.41) is 12.7. The Morgan fingerprint density at radius 3 is 2.43 bits per heavy atom. The molecule has 1 aromatic rings. The second-order valence-corrected chi connectivity index (χ2v) is 4.16. The van der Waals surface area contributed by atoms with E-state index in [-0.39, 0.29) is 12.1 Å². The van der Waals surface area contributed by atoms with Gasteiger partial charge in [0.25, 0.3) is 0 Å². The van der Waals surface area contributed by atoms with E-state index >= 15 is 0 Å². The molecule has 0 fully saturated rings. The first-order valence-electron chi connectivity index (χ1n) is 4.63. The highest BCUT2D eigenvalue weighted by atomic mass is 32.2. The zero-order chi connectivity index (χ0) is 10.4. The third kappa shape index (κ3) is 2.29. The van der Waals surface area contributed by atoms with Crippen LogP contribution in [0.5, 0.6) is 0 Å². The van der Waals surface area contributed by atoms with Crippen LogP contribution in [0.3, 0.4) is 0 Å². The van der Waals surface area contributed by atoms with E-state index in [0.29, 0.717) is 0 Å². The predicted molar refractivity (Wildman–Crippen MR) is 62.6 cm³/mol. The van der Waals surface area contributed by atoms with Gasteiger partial charge in [0, 0.05) is 5.75 Å². The van der Waals surface area contributed by atoms with Gasteiger partial charge in [0.15, 0.2) is 0 Å². The number of hydrogen-bond acceptors (Lipinski definition) is 3. The molecular weight excluding hydrogens is 194 g/mol. The summed E-state index contributed by atoms with van der Waals surface area (Å²) in [7, 11) is 1.89. The highest BCUT2D eigenvalue weighted by Crippen LogP contribution is 2.23. The summed E-state index contributed by atoms with van der Waals surface area (Å²) in [4.78, 5) is 0. The lowest BCUT2D eigenvalue weighted by Crippen LogP contribution is -2.45. The summed E-state index contributed by atoms with van der Waals surface area (Å²) in [5.74, 6) is 0.865. The molecule has 0 bridgehead atoms. The van der Waals surface area contributed by atoms with E-state index in [1.807, 2.05) is 43.6 Å². The molecule has 0 spiro atoms. The smallest absolute Gasteiger partial charge is 0.0758 e. The molecule has 1 atom stereocenters. The predicted octanol–water partition coefficient (Wildman–Crippen LogP) is 1.46. The van der Waals surface area contributed by atoms with Crippen LogP contribution in [0.4, 0.5) is 0 Å². The van der Waals surface area contributed by atoms with Gasteiger partial charge in [-0.05, 0) is 18.9 Å².